The van der Waals surface area contributed by atoms with Crippen LogP contribution in [0.3, 0.4) is 0 Å². The molecule has 0 aromatic heterocycles. The molecule has 1 aliphatic heterocycles. The molecule has 3 aromatic carbocycles. The molecule has 0 radical (unpaired) electrons. The Bertz CT molecular complexity index is 1330. The summed E-state index contributed by atoms with van der Waals surface area (Å²) in [4.78, 5) is 15.3. The number of amides is 1. The highest BCUT2D eigenvalue weighted by atomic mass is 32.2. The standard InChI is InChI=1S/C28H27NO5S/c1-28(33-2)19-18-23(35(31,32)22-16-10-5-11-17-22)26(28)29-24(20-12-6-3-7-13-20)25(34-27(29)30)21-14-8-4-9-15-21/h3-19,23-26H,1-2H3/t23-,24+,25-,26+,28+/m0/s1. The first-order valence-corrected chi connectivity index (χ1v) is 13.0. The lowest BCUT2D eigenvalue weighted by Gasteiger charge is -2.41. The zero-order valence-electron chi connectivity index (χ0n) is 19.5. The fourth-order valence-electron chi connectivity index (χ4n) is 5.14. The van der Waals surface area contributed by atoms with E-state index in [-0.39, 0.29) is 4.90 Å². The second-order valence-corrected chi connectivity index (χ2v) is 11.1. The number of hydrogen-bond acceptors (Lipinski definition) is 5. The predicted octanol–water partition coefficient (Wildman–Crippen LogP) is 5.11. The van der Waals surface area contributed by atoms with Gasteiger partial charge in [-0.25, -0.2) is 13.2 Å². The summed E-state index contributed by atoms with van der Waals surface area (Å²) in [6.07, 6.45) is 2.21. The van der Waals surface area contributed by atoms with E-state index >= 15 is 0 Å². The van der Waals surface area contributed by atoms with Gasteiger partial charge in [-0.05, 0) is 30.2 Å². The summed E-state index contributed by atoms with van der Waals surface area (Å²) in [5.41, 5.74) is 0.655. The maximum atomic E-state index is 13.8. The number of methoxy groups -OCH3 is 1. The number of sulfone groups is 1. The first-order chi connectivity index (χ1) is 16.9. The van der Waals surface area contributed by atoms with E-state index in [1.54, 1.807) is 54.3 Å². The van der Waals surface area contributed by atoms with Gasteiger partial charge in [0.05, 0.1) is 10.9 Å². The van der Waals surface area contributed by atoms with Crippen molar-refractivity contribution in [3.05, 3.63) is 114 Å². The Labute approximate surface area is 205 Å². The van der Waals surface area contributed by atoms with Crippen molar-refractivity contribution < 1.29 is 22.7 Å². The largest absolute Gasteiger partial charge is 0.439 e. The van der Waals surface area contributed by atoms with Crippen molar-refractivity contribution in [1.82, 2.24) is 4.90 Å². The molecule has 1 heterocycles. The van der Waals surface area contributed by atoms with Crippen LogP contribution >= 0.6 is 0 Å². The lowest BCUT2D eigenvalue weighted by atomic mass is 9.91. The van der Waals surface area contributed by atoms with Crippen molar-refractivity contribution in [2.75, 3.05) is 7.11 Å². The van der Waals surface area contributed by atoms with Gasteiger partial charge in [-0.3, -0.25) is 4.90 Å². The summed E-state index contributed by atoms with van der Waals surface area (Å²) in [5.74, 6) is 0. The average molecular weight is 490 g/mol. The molecule has 3 aromatic rings. The zero-order valence-corrected chi connectivity index (χ0v) is 20.3. The number of nitrogens with zero attached hydrogens (tertiary/aromatic N) is 1. The Kier molecular flexibility index (Phi) is 5.99. The van der Waals surface area contributed by atoms with Crippen LogP contribution < -0.4 is 0 Å². The van der Waals surface area contributed by atoms with Gasteiger partial charge in [0.15, 0.2) is 15.9 Å². The Morgan fingerprint density at radius 1 is 0.857 bits per heavy atom. The van der Waals surface area contributed by atoms with Crippen LogP contribution in [0.15, 0.2) is 108 Å². The minimum Gasteiger partial charge on any atom is -0.439 e. The van der Waals surface area contributed by atoms with Crippen LogP contribution in [0.4, 0.5) is 4.79 Å². The highest BCUT2D eigenvalue weighted by Gasteiger charge is 2.58. The summed E-state index contributed by atoms with van der Waals surface area (Å²) in [6.45, 7) is 1.81. The van der Waals surface area contributed by atoms with Crippen LogP contribution in [0.5, 0.6) is 0 Å². The van der Waals surface area contributed by atoms with E-state index < -0.39 is 45.0 Å². The molecule has 0 bridgehead atoms. The van der Waals surface area contributed by atoms with Crippen LogP contribution in [0, 0.1) is 0 Å². The number of hydrogen-bond donors (Lipinski definition) is 0. The van der Waals surface area contributed by atoms with Crippen LogP contribution in [0.2, 0.25) is 0 Å². The maximum Gasteiger partial charge on any atom is 0.411 e. The maximum absolute atomic E-state index is 13.8. The number of cyclic esters (lactones) is 1. The highest BCUT2D eigenvalue weighted by molar-refractivity contribution is 7.92. The number of carbonyl (C=O) groups excluding carboxylic acids is 1. The van der Waals surface area contributed by atoms with Gasteiger partial charge in [-0.15, -0.1) is 0 Å². The van der Waals surface area contributed by atoms with Crippen molar-refractivity contribution in [3.63, 3.8) is 0 Å². The van der Waals surface area contributed by atoms with E-state index in [0.29, 0.717) is 0 Å². The summed E-state index contributed by atoms with van der Waals surface area (Å²) in [7, 11) is -2.30. The van der Waals surface area contributed by atoms with E-state index in [0.717, 1.165) is 11.1 Å². The van der Waals surface area contributed by atoms with Gasteiger partial charge < -0.3 is 9.47 Å². The minimum absolute atomic E-state index is 0.198. The number of ether oxygens (including phenoxy) is 2. The number of carbonyl (C=O) groups is 1. The average Bonchev–Trinajstić information content (AvgIpc) is 3.42. The minimum atomic E-state index is -3.83. The van der Waals surface area contributed by atoms with Crippen LogP contribution in [-0.2, 0) is 19.3 Å². The van der Waals surface area contributed by atoms with Gasteiger partial charge >= 0.3 is 6.09 Å². The van der Waals surface area contributed by atoms with Gasteiger partial charge in [0.25, 0.3) is 0 Å². The Balaban J connectivity index is 1.66. The lowest BCUT2D eigenvalue weighted by Crippen LogP contribution is -2.56. The first kappa shape index (κ1) is 23.3. The lowest BCUT2D eigenvalue weighted by molar-refractivity contribution is -0.0152. The molecule has 1 fully saturated rings. The molecular formula is C28H27NO5S. The fraction of sp³-hybridized carbons (Fsp3) is 0.250. The Hall–Kier alpha value is -3.42. The smallest absolute Gasteiger partial charge is 0.411 e. The molecule has 0 N–H and O–H groups in total. The van der Waals surface area contributed by atoms with Crippen molar-refractivity contribution in [3.8, 4) is 0 Å². The van der Waals surface area contributed by atoms with Gasteiger partial charge in [-0.2, -0.15) is 0 Å². The second-order valence-electron chi connectivity index (χ2n) is 8.99. The molecule has 1 amide bonds. The molecule has 1 saturated heterocycles. The van der Waals surface area contributed by atoms with Crippen LogP contribution in [0.1, 0.15) is 30.2 Å². The van der Waals surface area contributed by atoms with E-state index in [2.05, 4.69) is 0 Å². The van der Waals surface area contributed by atoms with Gasteiger partial charge in [0.2, 0.25) is 0 Å². The molecule has 2 aliphatic rings. The topological polar surface area (TPSA) is 72.9 Å². The molecule has 0 spiro atoms. The molecule has 6 nitrogen and oxygen atoms in total. The predicted molar refractivity (Wildman–Crippen MR) is 132 cm³/mol. The van der Waals surface area contributed by atoms with Gasteiger partial charge in [0, 0.05) is 7.11 Å². The van der Waals surface area contributed by atoms with Crippen molar-refractivity contribution in [2.45, 2.75) is 40.9 Å². The van der Waals surface area contributed by atoms with Gasteiger partial charge in [-0.1, -0.05) is 91.0 Å². The molecule has 0 saturated carbocycles. The molecule has 0 unspecified atom stereocenters. The van der Waals surface area contributed by atoms with Crippen molar-refractivity contribution >= 4 is 15.9 Å². The normalized spacial score (nSPS) is 28.3. The van der Waals surface area contributed by atoms with E-state index in [4.69, 9.17) is 9.47 Å². The van der Waals surface area contributed by atoms with E-state index in [9.17, 15) is 13.2 Å². The summed E-state index contributed by atoms with van der Waals surface area (Å²) >= 11 is 0. The van der Waals surface area contributed by atoms with E-state index in [1.165, 1.54) is 7.11 Å². The third-order valence-corrected chi connectivity index (χ3v) is 9.04. The summed E-state index contributed by atoms with van der Waals surface area (Å²) < 4.78 is 39.5. The first-order valence-electron chi connectivity index (χ1n) is 11.5. The number of rotatable bonds is 6. The summed E-state index contributed by atoms with van der Waals surface area (Å²) in [5, 5.41) is -1.01. The molecule has 7 heteroatoms. The van der Waals surface area contributed by atoms with E-state index in [1.807, 2.05) is 60.7 Å². The summed E-state index contributed by atoms with van der Waals surface area (Å²) in [6, 6.07) is 26.0. The fourth-order valence-corrected chi connectivity index (χ4v) is 7.02. The quantitative estimate of drug-likeness (QED) is 0.450. The monoisotopic (exact) mass is 489 g/mol. The Morgan fingerprint density at radius 2 is 1.40 bits per heavy atom. The molecule has 1 aliphatic carbocycles. The Morgan fingerprint density at radius 3 is 1.97 bits per heavy atom. The van der Waals surface area contributed by atoms with Crippen molar-refractivity contribution in [2.24, 2.45) is 0 Å². The van der Waals surface area contributed by atoms with Crippen LogP contribution in [0.25, 0.3) is 0 Å². The third kappa shape index (κ3) is 3.94. The SMILES string of the molecule is CO[C@]1(C)C=C[C@H](S(=O)(=O)c2ccccc2)[C@H]1N1C(=O)O[C@@H](c2ccccc2)[C@H]1c1ccccc1. The zero-order chi connectivity index (χ0) is 24.6. The molecule has 35 heavy (non-hydrogen) atoms. The molecule has 180 valence electrons. The number of benzene rings is 3. The second kappa shape index (κ2) is 8.98. The highest BCUT2D eigenvalue weighted by Crippen LogP contribution is 2.49. The molecule has 5 rings (SSSR count). The van der Waals surface area contributed by atoms with Crippen LogP contribution in [-0.4, -0.2) is 43.4 Å². The third-order valence-electron chi connectivity index (χ3n) is 6.98. The molecule has 5 atom stereocenters. The van der Waals surface area contributed by atoms with Crippen molar-refractivity contribution in [1.29, 1.82) is 0 Å². The molecular weight excluding hydrogens is 462 g/mol. The van der Waals surface area contributed by atoms with Gasteiger partial charge in [0.1, 0.15) is 16.9 Å².